The highest BCUT2D eigenvalue weighted by Crippen LogP contribution is 2.27. The number of benzene rings is 1. The lowest BCUT2D eigenvalue weighted by atomic mass is 9.98. The molecule has 1 aliphatic heterocycles. The van der Waals surface area contributed by atoms with E-state index in [1.165, 1.54) is 0 Å². The fourth-order valence-electron chi connectivity index (χ4n) is 2.95. The molecule has 1 fully saturated rings. The standard InChI is InChI=1S/C18H24N4O2/c1-2-3-11-19-18(23)22-12-7-10-15(13-22)17-20-16(21-24-17)14-8-5-4-6-9-14/h4-6,8-9,15H,2-3,7,10-13H2,1H3,(H,19,23). The Balaban J connectivity index is 1.63. The molecule has 0 radical (unpaired) electrons. The second-order valence-electron chi connectivity index (χ2n) is 6.19. The van der Waals surface area contributed by atoms with Gasteiger partial charge in [0.15, 0.2) is 0 Å². The summed E-state index contributed by atoms with van der Waals surface area (Å²) in [7, 11) is 0. The topological polar surface area (TPSA) is 71.3 Å². The Hall–Kier alpha value is -2.37. The van der Waals surface area contributed by atoms with Crippen LogP contribution in [-0.2, 0) is 0 Å². The lowest BCUT2D eigenvalue weighted by Gasteiger charge is -2.31. The molecule has 1 N–H and O–H groups in total. The molecule has 1 aromatic carbocycles. The van der Waals surface area contributed by atoms with Gasteiger partial charge < -0.3 is 14.7 Å². The number of hydrogen-bond donors (Lipinski definition) is 1. The van der Waals surface area contributed by atoms with E-state index in [0.29, 0.717) is 18.3 Å². The normalized spacial score (nSPS) is 17.7. The molecule has 1 atom stereocenters. The molecule has 1 unspecified atom stereocenters. The van der Waals surface area contributed by atoms with E-state index in [9.17, 15) is 4.79 Å². The fourth-order valence-corrected chi connectivity index (χ4v) is 2.95. The molecule has 0 saturated carbocycles. The minimum atomic E-state index is 0.0101. The Morgan fingerprint density at radius 1 is 1.38 bits per heavy atom. The first-order valence-electron chi connectivity index (χ1n) is 8.69. The first-order chi connectivity index (χ1) is 11.8. The third-order valence-corrected chi connectivity index (χ3v) is 4.34. The molecule has 2 amide bonds. The summed E-state index contributed by atoms with van der Waals surface area (Å²) in [6, 6.07) is 9.80. The van der Waals surface area contributed by atoms with Crippen LogP contribution in [0.1, 0.15) is 44.4 Å². The number of nitrogens with zero attached hydrogens (tertiary/aromatic N) is 3. The molecule has 0 aliphatic carbocycles. The van der Waals surface area contributed by atoms with Crippen LogP contribution in [0.25, 0.3) is 11.4 Å². The van der Waals surface area contributed by atoms with Crippen molar-refractivity contribution in [1.82, 2.24) is 20.4 Å². The number of likely N-dealkylation sites (tertiary alicyclic amines) is 1. The molecule has 6 heteroatoms. The maximum Gasteiger partial charge on any atom is 0.317 e. The molecule has 1 saturated heterocycles. The van der Waals surface area contributed by atoms with Crippen LogP contribution in [0.15, 0.2) is 34.9 Å². The minimum Gasteiger partial charge on any atom is -0.339 e. The van der Waals surface area contributed by atoms with Crippen molar-refractivity contribution in [2.45, 2.75) is 38.5 Å². The Morgan fingerprint density at radius 2 is 2.21 bits per heavy atom. The number of amides is 2. The van der Waals surface area contributed by atoms with Gasteiger partial charge in [-0.3, -0.25) is 0 Å². The van der Waals surface area contributed by atoms with Crippen LogP contribution in [0, 0.1) is 0 Å². The number of nitrogens with one attached hydrogen (secondary N) is 1. The molecule has 2 aromatic rings. The van der Waals surface area contributed by atoms with Crippen molar-refractivity contribution in [3.8, 4) is 11.4 Å². The SMILES string of the molecule is CCCCNC(=O)N1CCCC(c2nc(-c3ccccc3)no2)C1. The molecule has 2 heterocycles. The highest BCUT2D eigenvalue weighted by molar-refractivity contribution is 5.74. The second kappa shape index (κ2) is 7.95. The third-order valence-electron chi connectivity index (χ3n) is 4.34. The van der Waals surface area contributed by atoms with Crippen LogP contribution >= 0.6 is 0 Å². The summed E-state index contributed by atoms with van der Waals surface area (Å²) < 4.78 is 5.47. The molecule has 6 nitrogen and oxygen atoms in total. The van der Waals surface area contributed by atoms with E-state index in [1.54, 1.807) is 0 Å². The van der Waals surface area contributed by atoms with E-state index in [-0.39, 0.29) is 11.9 Å². The summed E-state index contributed by atoms with van der Waals surface area (Å²) in [5, 5.41) is 7.06. The molecular formula is C18H24N4O2. The molecule has 0 bridgehead atoms. The number of piperidine rings is 1. The number of aromatic nitrogens is 2. The quantitative estimate of drug-likeness (QED) is 0.854. The van der Waals surface area contributed by atoms with Gasteiger partial charge in [-0.1, -0.05) is 48.8 Å². The van der Waals surface area contributed by atoms with Gasteiger partial charge in [-0.05, 0) is 19.3 Å². The number of carbonyl (C=O) groups excluding carboxylic acids is 1. The summed E-state index contributed by atoms with van der Waals surface area (Å²) in [6.07, 6.45) is 4.00. The van der Waals surface area contributed by atoms with Crippen LogP contribution in [0.4, 0.5) is 4.79 Å². The smallest absolute Gasteiger partial charge is 0.317 e. The largest absolute Gasteiger partial charge is 0.339 e. The van der Waals surface area contributed by atoms with Crippen LogP contribution in [0.3, 0.4) is 0 Å². The first kappa shape index (κ1) is 16.5. The predicted octanol–water partition coefficient (Wildman–Crippen LogP) is 3.43. The lowest BCUT2D eigenvalue weighted by molar-refractivity contribution is 0.172. The van der Waals surface area contributed by atoms with Gasteiger partial charge in [0, 0.05) is 25.2 Å². The first-order valence-corrected chi connectivity index (χ1v) is 8.69. The van der Waals surface area contributed by atoms with Gasteiger partial charge >= 0.3 is 6.03 Å². The van der Waals surface area contributed by atoms with Crippen LogP contribution in [0.2, 0.25) is 0 Å². The average Bonchev–Trinajstić information content (AvgIpc) is 3.13. The van der Waals surface area contributed by atoms with Crippen molar-refractivity contribution < 1.29 is 9.32 Å². The Labute approximate surface area is 142 Å². The minimum absolute atomic E-state index is 0.0101. The van der Waals surface area contributed by atoms with Crippen molar-refractivity contribution in [2.75, 3.05) is 19.6 Å². The van der Waals surface area contributed by atoms with Crippen LogP contribution < -0.4 is 5.32 Å². The summed E-state index contributed by atoms with van der Waals surface area (Å²) in [5.41, 5.74) is 0.942. The van der Waals surface area contributed by atoms with Crippen LogP contribution in [-0.4, -0.2) is 40.7 Å². The predicted molar refractivity (Wildman–Crippen MR) is 91.6 cm³/mol. The summed E-state index contributed by atoms with van der Waals surface area (Å²) in [4.78, 5) is 18.6. The van der Waals surface area contributed by atoms with Gasteiger partial charge in [-0.15, -0.1) is 0 Å². The van der Waals surface area contributed by atoms with E-state index < -0.39 is 0 Å². The number of urea groups is 1. The maximum absolute atomic E-state index is 12.2. The lowest BCUT2D eigenvalue weighted by Crippen LogP contribution is -2.45. The number of rotatable bonds is 5. The maximum atomic E-state index is 12.2. The average molecular weight is 328 g/mol. The van der Waals surface area contributed by atoms with Crippen molar-refractivity contribution in [2.24, 2.45) is 0 Å². The monoisotopic (exact) mass is 328 g/mol. The summed E-state index contributed by atoms with van der Waals surface area (Å²) in [5.74, 6) is 1.34. The molecule has 1 aliphatic rings. The van der Waals surface area contributed by atoms with E-state index in [0.717, 1.165) is 44.3 Å². The summed E-state index contributed by atoms with van der Waals surface area (Å²) >= 11 is 0. The third kappa shape index (κ3) is 3.93. The zero-order valence-electron chi connectivity index (χ0n) is 14.1. The zero-order chi connectivity index (χ0) is 16.8. The van der Waals surface area contributed by atoms with Crippen molar-refractivity contribution in [3.63, 3.8) is 0 Å². The molecule has 3 rings (SSSR count). The summed E-state index contributed by atoms with van der Waals surface area (Å²) in [6.45, 7) is 4.26. The second-order valence-corrected chi connectivity index (χ2v) is 6.19. The van der Waals surface area contributed by atoms with Gasteiger partial charge in [-0.2, -0.15) is 4.98 Å². The van der Waals surface area contributed by atoms with E-state index >= 15 is 0 Å². The Bertz CT molecular complexity index is 656. The molecular weight excluding hydrogens is 304 g/mol. The Kier molecular flexibility index (Phi) is 5.46. The zero-order valence-corrected chi connectivity index (χ0v) is 14.1. The fraction of sp³-hybridized carbons (Fsp3) is 0.500. The van der Waals surface area contributed by atoms with Gasteiger partial charge in [0.1, 0.15) is 0 Å². The molecule has 1 aromatic heterocycles. The van der Waals surface area contributed by atoms with Gasteiger partial charge in [0.05, 0.1) is 5.92 Å². The van der Waals surface area contributed by atoms with Crippen molar-refractivity contribution >= 4 is 6.03 Å². The number of hydrogen-bond acceptors (Lipinski definition) is 4. The van der Waals surface area contributed by atoms with E-state index in [4.69, 9.17) is 4.52 Å². The van der Waals surface area contributed by atoms with Gasteiger partial charge in [0.25, 0.3) is 0 Å². The van der Waals surface area contributed by atoms with E-state index in [2.05, 4.69) is 22.4 Å². The van der Waals surface area contributed by atoms with Gasteiger partial charge in [0.2, 0.25) is 11.7 Å². The molecule has 0 spiro atoms. The van der Waals surface area contributed by atoms with Crippen molar-refractivity contribution in [1.29, 1.82) is 0 Å². The van der Waals surface area contributed by atoms with Crippen molar-refractivity contribution in [3.05, 3.63) is 36.2 Å². The van der Waals surface area contributed by atoms with Gasteiger partial charge in [-0.25, -0.2) is 4.79 Å². The van der Waals surface area contributed by atoms with Crippen LogP contribution in [0.5, 0.6) is 0 Å². The Morgan fingerprint density at radius 3 is 3.00 bits per heavy atom. The number of carbonyl (C=O) groups is 1. The molecule has 24 heavy (non-hydrogen) atoms. The number of unbranched alkanes of at least 4 members (excludes halogenated alkanes) is 1. The van der Waals surface area contributed by atoms with E-state index in [1.807, 2.05) is 35.2 Å². The molecule has 128 valence electrons. The highest BCUT2D eigenvalue weighted by atomic mass is 16.5. The highest BCUT2D eigenvalue weighted by Gasteiger charge is 2.28.